The first-order valence-electron chi connectivity index (χ1n) is 13.2. The molecule has 0 atom stereocenters. The lowest BCUT2D eigenvalue weighted by Crippen LogP contribution is -2.49. The number of amides is 1. The number of hydrogen-bond acceptors (Lipinski definition) is 7. The number of rotatable bonds is 11. The van der Waals surface area contributed by atoms with Crippen LogP contribution in [0.2, 0.25) is 0 Å². The number of carbonyl (C=O) groups excluding carboxylic acids is 1. The third kappa shape index (κ3) is 6.42. The molecule has 1 saturated heterocycles. The molecular weight excluding hydrogens is 525 g/mol. The van der Waals surface area contributed by atoms with Crippen LogP contribution in [-0.2, 0) is 11.2 Å². The van der Waals surface area contributed by atoms with Crippen LogP contribution in [0.25, 0.3) is 10.9 Å². The Kier molecular flexibility index (Phi) is 9.36. The first kappa shape index (κ1) is 29.4. The van der Waals surface area contributed by atoms with E-state index in [9.17, 15) is 23.2 Å². The number of carbonyl (C=O) groups is 1. The topological polar surface area (TPSA) is 87.2 Å². The summed E-state index contributed by atoms with van der Waals surface area (Å²) in [6.45, 7) is 1.53. The fourth-order valence-corrected chi connectivity index (χ4v) is 5.43. The van der Waals surface area contributed by atoms with Crippen LogP contribution in [0.15, 0.2) is 36.5 Å². The molecule has 1 aromatic heterocycles. The number of methoxy groups -OCH3 is 1. The van der Waals surface area contributed by atoms with Crippen molar-refractivity contribution in [3.63, 3.8) is 0 Å². The second kappa shape index (κ2) is 12.7. The molecule has 11 heteroatoms. The molecule has 1 aliphatic heterocycles. The van der Waals surface area contributed by atoms with Gasteiger partial charge < -0.3 is 14.4 Å². The molecule has 0 saturated carbocycles. The van der Waals surface area contributed by atoms with Crippen LogP contribution in [0.1, 0.15) is 31.2 Å². The molecule has 2 N–H and O–H groups in total. The van der Waals surface area contributed by atoms with E-state index in [0.717, 1.165) is 34.0 Å². The Morgan fingerprint density at radius 1 is 1.18 bits per heavy atom. The maximum absolute atomic E-state index is 13.9. The lowest BCUT2D eigenvalue weighted by atomic mass is 9.73. The molecule has 2 aromatic carbocycles. The van der Waals surface area contributed by atoms with Crippen molar-refractivity contribution in [1.82, 2.24) is 15.4 Å². The molecule has 0 bridgehead atoms. The number of nitrogens with one attached hydrogen (secondary N) is 1. The first-order chi connectivity index (χ1) is 19.2. The van der Waals surface area contributed by atoms with Crippen molar-refractivity contribution in [2.45, 2.75) is 32.1 Å². The molecule has 0 radical (unpaired) electrons. The van der Waals surface area contributed by atoms with Crippen LogP contribution in [0.3, 0.4) is 0 Å². The highest BCUT2D eigenvalue weighted by atomic mass is 19.2. The number of anilines is 1. The van der Waals surface area contributed by atoms with Crippen LogP contribution >= 0.6 is 0 Å². The minimum atomic E-state index is -1.30. The number of aromatic nitrogens is 1. The predicted molar refractivity (Wildman–Crippen MR) is 145 cm³/mol. The van der Waals surface area contributed by atoms with Gasteiger partial charge in [-0.2, -0.15) is 4.39 Å². The summed E-state index contributed by atoms with van der Waals surface area (Å²) < 4.78 is 51.4. The van der Waals surface area contributed by atoms with Gasteiger partial charge in [-0.15, -0.1) is 0 Å². The van der Waals surface area contributed by atoms with Gasteiger partial charge in [-0.1, -0.05) is 0 Å². The molecular formula is C29H35F3N4O4. The van der Waals surface area contributed by atoms with E-state index in [1.54, 1.807) is 7.11 Å². The van der Waals surface area contributed by atoms with E-state index in [4.69, 9.17) is 9.47 Å². The Labute approximate surface area is 231 Å². The second-order valence-electron chi connectivity index (χ2n) is 10.4. The van der Waals surface area contributed by atoms with E-state index in [2.05, 4.69) is 4.98 Å². The van der Waals surface area contributed by atoms with Crippen molar-refractivity contribution in [3.8, 4) is 11.5 Å². The standard InChI is InChI=1S/C29H35F3N4O4/c1-35(2)25-18-33-24-7-6-20(39-3)17-22(24)21(25)5-4-8-29(28(37)34-38)9-11-36(12-10-29)13-14-40-26-16-19(30)15-23(31)27(26)32/h6-7,15-18,38H,4-5,8-14H2,1-3H3,(H,34,37). The molecule has 3 aromatic rings. The van der Waals surface area contributed by atoms with Gasteiger partial charge in [0, 0.05) is 38.2 Å². The Hall–Kier alpha value is -3.57. The van der Waals surface area contributed by atoms with Crippen LogP contribution in [0.4, 0.5) is 18.9 Å². The highest BCUT2D eigenvalue weighted by molar-refractivity contribution is 5.88. The molecule has 216 valence electrons. The van der Waals surface area contributed by atoms with Crippen LogP contribution in [0, 0.1) is 22.9 Å². The van der Waals surface area contributed by atoms with E-state index >= 15 is 0 Å². The van der Waals surface area contributed by atoms with Crippen LogP contribution < -0.4 is 19.9 Å². The average Bonchev–Trinajstić information content (AvgIpc) is 2.95. The number of hydroxylamine groups is 1. The number of ether oxygens (including phenoxy) is 2. The summed E-state index contributed by atoms with van der Waals surface area (Å²) in [5, 5.41) is 10.5. The fourth-order valence-electron chi connectivity index (χ4n) is 5.43. The van der Waals surface area contributed by atoms with Gasteiger partial charge in [-0.05, 0) is 69.0 Å². The summed E-state index contributed by atoms with van der Waals surface area (Å²) in [4.78, 5) is 21.5. The van der Waals surface area contributed by atoms with Gasteiger partial charge >= 0.3 is 0 Å². The number of likely N-dealkylation sites (tertiary alicyclic amines) is 1. The molecule has 0 unspecified atom stereocenters. The summed E-state index contributed by atoms with van der Waals surface area (Å²) in [6, 6.07) is 7.06. The smallest absolute Gasteiger partial charge is 0.249 e. The summed E-state index contributed by atoms with van der Waals surface area (Å²) in [5.41, 5.74) is 4.09. The molecule has 1 aliphatic rings. The van der Waals surface area contributed by atoms with Crippen LogP contribution in [-0.4, -0.2) is 68.4 Å². The van der Waals surface area contributed by atoms with Crippen molar-refractivity contribution in [3.05, 3.63) is 59.5 Å². The molecule has 1 fully saturated rings. The Morgan fingerprint density at radius 3 is 2.60 bits per heavy atom. The zero-order valence-electron chi connectivity index (χ0n) is 23.0. The lowest BCUT2D eigenvalue weighted by Gasteiger charge is -2.40. The highest BCUT2D eigenvalue weighted by Gasteiger charge is 2.40. The van der Waals surface area contributed by atoms with Crippen molar-refractivity contribution in [2.24, 2.45) is 5.41 Å². The normalized spacial score (nSPS) is 15.2. The van der Waals surface area contributed by atoms with E-state index in [1.165, 1.54) is 0 Å². The molecule has 0 spiro atoms. The van der Waals surface area contributed by atoms with Gasteiger partial charge in [-0.3, -0.25) is 19.9 Å². The zero-order valence-corrected chi connectivity index (χ0v) is 23.0. The molecule has 1 amide bonds. The zero-order chi connectivity index (χ0) is 28.9. The summed E-state index contributed by atoms with van der Waals surface area (Å²) in [6.07, 6.45) is 4.84. The quantitative estimate of drug-likeness (QED) is 0.200. The fraction of sp³-hybridized carbons (Fsp3) is 0.448. The molecule has 4 rings (SSSR count). The Bertz CT molecular complexity index is 1350. The van der Waals surface area contributed by atoms with Crippen molar-refractivity contribution < 1.29 is 32.6 Å². The second-order valence-corrected chi connectivity index (χ2v) is 10.4. The lowest BCUT2D eigenvalue weighted by molar-refractivity contribution is -0.143. The van der Waals surface area contributed by atoms with E-state index < -0.39 is 34.5 Å². The summed E-state index contributed by atoms with van der Waals surface area (Å²) >= 11 is 0. The van der Waals surface area contributed by atoms with E-state index in [1.807, 2.05) is 53.8 Å². The number of aryl methyl sites for hydroxylation is 1. The third-order valence-electron chi connectivity index (χ3n) is 7.75. The number of piperidine rings is 1. The summed E-state index contributed by atoms with van der Waals surface area (Å²) in [7, 11) is 5.55. The number of halogens is 3. The monoisotopic (exact) mass is 560 g/mol. The van der Waals surface area contributed by atoms with Crippen molar-refractivity contribution >= 4 is 22.5 Å². The predicted octanol–water partition coefficient (Wildman–Crippen LogP) is 4.72. The number of pyridine rings is 1. The van der Waals surface area contributed by atoms with Gasteiger partial charge in [0.2, 0.25) is 11.7 Å². The minimum absolute atomic E-state index is 0.0326. The van der Waals surface area contributed by atoms with Crippen LogP contribution in [0.5, 0.6) is 11.5 Å². The number of nitrogens with zero attached hydrogens (tertiary/aromatic N) is 3. The number of hydrogen-bond donors (Lipinski definition) is 2. The molecule has 40 heavy (non-hydrogen) atoms. The molecule has 0 aliphatic carbocycles. The Balaban J connectivity index is 1.40. The molecule has 8 nitrogen and oxygen atoms in total. The van der Waals surface area contributed by atoms with Gasteiger partial charge in [-0.25, -0.2) is 14.3 Å². The largest absolute Gasteiger partial charge is 0.497 e. The van der Waals surface area contributed by atoms with Gasteiger partial charge in [0.1, 0.15) is 18.2 Å². The highest BCUT2D eigenvalue weighted by Crippen LogP contribution is 2.38. The minimum Gasteiger partial charge on any atom is -0.497 e. The molecule has 2 heterocycles. The van der Waals surface area contributed by atoms with E-state index in [0.29, 0.717) is 57.8 Å². The number of benzene rings is 2. The maximum atomic E-state index is 13.9. The van der Waals surface area contributed by atoms with Gasteiger partial charge in [0.05, 0.1) is 29.9 Å². The Morgan fingerprint density at radius 2 is 1.93 bits per heavy atom. The third-order valence-corrected chi connectivity index (χ3v) is 7.75. The van der Waals surface area contributed by atoms with Gasteiger partial charge in [0.25, 0.3) is 0 Å². The summed E-state index contributed by atoms with van der Waals surface area (Å²) in [5.74, 6) is -3.58. The van der Waals surface area contributed by atoms with E-state index in [-0.39, 0.29) is 6.61 Å². The van der Waals surface area contributed by atoms with Crippen molar-refractivity contribution in [1.29, 1.82) is 0 Å². The first-order valence-corrected chi connectivity index (χ1v) is 13.2. The average molecular weight is 561 g/mol. The number of fused-ring (bicyclic) bond motifs is 1. The maximum Gasteiger partial charge on any atom is 0.249 e. The SMILES string of the molecule is COc1ccc2ncc(N(C)C)c(CCCC3(C(=O)NO)CCN(CCOc4cc(F)cc(F)c4F)CC3)c2c1. The van der Waals surface area contributed by atoms with Crippen molar-refractivity contribution in [2.75, 3.05) is 52.3 Å². The van der Waals surface area contributed by atoms with Gasteiger partial charge in [0.15, 0.2) is 11.6 Å².